The van der Waals surface area contributed by atoms with Gasteiger partial charge in [-0.1, -0.05) is 12.1 Å². The topological polar surface area (TPSA) is 67.4 Å². The first-order chi connectivity index (χ1) is 12.6. The molecule has 0 atom stereocenters. The molecule has 2 aliphatic rings. The summed E-state index contributed by atoms with van der Waals surface area (Å²) in [6.45, 7) is 0.902. The van der Waals surface area contributed by atoms with Gasteiger partial charge in [-0.15, -0.1) is 0 Å². The molecule has 0 aliphatic carbocycles. The average Bonchev–Trinajstić information content (AvgIpc) is 3.01. The van der Waals surface area contributed by atoms with Crippen molar-refractivity contribution in [3.05, 3.63) is 59.4 Å². The van der Waals surface area contributed by atoms with Crippen LogP contribution in [-0.2, 0) is 26.2 Å². The first-order valence-electron chi connectivity index (χ1n) is 8.65. The molecule has 2 aromatic carbocycles. The number of halogens is 1. The molecule has 134 valence electrons. The van der Waals surface area contributed by atoms with E-state index in [0.29, 0.717) is 43.7 Å². The molecule has 0 aromatic heterocycles. The molecule has 5 nitrogen and oxygen atoms in total. The number of hydrogen-bond donors (Lipinski definition) is 2. The maximum Gasteiger partial charge on any atom is 0.235 e. The minimum atomic E-state index is -0.826. The highest BCUT2D eigenvalue weighted by molar-refractivity contribution is 6.02. The maximum absolute atomic E-state index is 13.8. The first kappa shape index (κ1) is 16.7. The van der Waals surface area contributed by atoms with E-state index in [9.17, 15) is 14.0 Å². The number of rotatable bonds is 3. The van der Waals surface area contributed by atoms with Crippen molar-refractivity contribution >= 4 is 23.2 Å². The van der Waals surface area contributed by atoms with Gasteiger partial charge in [-0.25, -0.2) is 4.39 Å². The summed E-state index contributed by atoms with van der Waals surface area (Å²) in [5.74, 6) is -0.587. The fourth-order valence-corrected chi connectivity index (χ4v) is 3.71. The number of anilines is 2. The predicted molar refractivity (Wildman–Crippen MR) is 95.5 cm³/mol. The number of benzene rings is 2. The van der Waals surface area contributed by atoms with Gasteiger partial charge in [0.1, 0.15) is 5.82 Å². The minimum Gasteiger partial charge on any atom is -0.381 e. The molecule has 0 saturated carbocycles. The molecule has 0 unspecified atom stereocenters. The summed E-state index contributed by atoms with van der Waals surface area (Å²) in [6.07, 6.45) is 1.29. The molecular weight excluding hydrogens is 335 g/mol. The highest BCUT2D eigenvalue weighted by Crippen LogP contribution is 2.37. The molecule has 6 heteroatoms. The molecule has 0 bridgehead atoms. The van der Waals surface area contributed by atoms with E-state index in [1.165, 1.54) is 12.1 Å². The monoisotopic (exact) mass is 354 g/mol. The van der Waals surface area contributed by atoms with Crippen LogP contribution in [0.25, 0.3) is 0 Å². The van der Waals surface area contributed by atoms with Crippen molar-refractivity contribution in [2.45, 2.75) is 24.7 Å². The van der Waals surface area contributed by atoms with Crippen LogP contribution in [0.2, 0.25) is 0 Å². The number of ether oxygens (including phenoxy) is 1. The molecular formula is C20H19FN2O3. The Bertz CT molecular complexity index is 875. The quantitative estimate of drug-likeness (QED) is 0.890. The van der Waals surface area contributed by atoms with Crippen LogP contribution in [0.15, 0.2) is 42.5 Å². The van der Waals surface area contributed by atoms with E-state index in [1.807, 2.05) is 6.07 Å². The van der Waals surface area contributed by atoms with E-state index in [0.717, 1.165) is 11.3 Å². The summed E-state index contributed by atoms with van der Waals surface area (Å²) < 4.78 is 19.2. The Morgan fingerprint density at radius 2 is 1.96 bits per heavy atom. The number of nitrogens with one attached hydrogen (secondary N) is 2. The Morgan fingerprint density at radius 1 is 1.15 bits per heavy atom. The molecule has 4 rings (SSSR count). The van der Waals surface area contributed by atoms with Crippen LogP contribution >= 0.6 is 0 Å². The van der Waals surface area contributed by atoms with E-state index in [2.05, 4.69) is 10.6 Å². The van der Waals surface area contributed by atoms with Crippen molar-refractivity contribution in [1.82, 2.24) is 0 Å². The van der Waals surface area contributed by atoms with Crippen molar-refractivity contribution in [2.75, 3.05) is 23.8 Å². The van der Waals surface area contributed by atoms with Gasteiger partial charge in [0.15, 0.2) is 0 Å². The third-order valence-electron chi connectivity index (χ3n) is 5.15. The lowest BCUT2D eigenvalue weighted by molar-refractivity contribution is -0.125. The van der Waals surface area contributed by atoms with Crippen molar-refractivity contribution in [2.24, 2.45) is 0 Å². The van der Waals surface area contributed by atoms with Crippen LogP contribution in [0.4, 0.5) is 15.8 Å². The number of carbonyl (C=O) groups is 2. The van der Waals surface area contributed by atoms with E-state index < -0.39 is 5.41 Å². The maximum atomic E-state index is 13.8. The second-order valence-electron chi connectivity index (χ2n) is 6.76. The summed E-state index contributed by atoms with van der Waals surface area (Å²) in [4.78, 5) is 24.7. The number of carbonyl (C=O) groups excluding carboxylic acids is 2. The zero-order valence-electron chi connectivity index (χ0n) is 14.2. The lowest BCUT2D eigenvalue weighted by atomic mass is 9.73. The highest BCUT2D eigenvalue weighted by Gasteiger charge is 2.42. The van der Waals surface area contributed by atoms with Gasteiger partial charge in [0.2, 0.25) is 11.8 Å². The lowest BCUT2D eigenvalue weighted by Crippen LogP contribution is -2.44. The van der Waals surface area contributed by atoms with Gasteiger partial charge in [0.25, 0.3) is 0 Å². The smallest absolute Gasteiger partial charge is 0.235 e. The number of amides is 2. The molecule has 2 aliphatic heterocycles. The Kier molecular flexibility index (Phi) is 4.20. The third kappa shape index (κ3) is 2.97. The number of fused-ring (bicyclic) bond motifs is 1. The molecule has 1 saturated heterocycles. The van der Waals surface area contributed by atoms with Gasteiger partial charge < -0.3 is 15.4 Å². The van der Waals surface area contributed by atoms with E-state index in [1.54, 1.807) is 24.3 Å². The summed E-state index contributed by atoms with van der Waals surface area (Å²) in [7, 11) is 0. The van der Waals surface area contributed by atoms with E-state index >= 15 is 0 Å². The van der Waals surface area contributed by atoms with E-state index in [-0.39, 0.29) is 17.6 Å². The fraction of sp³-hybridized carbons (Fsp3) is 0.300. The van der Waals surface area contributed by atoms with Crippen LogP contribution in [-0.4, -0.2) is 25.0 Å². The van der Waals surface area contributed by atoms with Crippen molar-refractivity contribution in [3.63, 3.8) is 0 Å². The standard InChI is InChI=1S/C20H19FN2O3/c21-15-3-1-2-14(12-15)20(6-8-26-9-7-20)19(25)22-16-4-5-17-13(10-16)11-18(24)23-17/h1-5,10,12H,6-9,11H2,(H,22,25)(H,23,24). The van der Waals surface area contributed by atoms with Crippen LogP contribution in [0, 0.1) is 5.82 Å². The molecule has 26 heavy (non-hydrogen) atoms. The summed E-state index contributed by atoms with van der Waals surface area (Å²) >= 11 is 0. The zero-order valence-corrected chi connectivity index (χ0v) is 14.2. The van der Waals surface area contributed by atoms with Crippen LogP contribution in [0.5, 0.6) is 0 Å². The summed E-state index contributed by atoms with van der Waals surface area (Å²) in [5, 5.41) is 5.73. The van der Waals surface area contributed by atoms with Crippen LogP contribution < -0.4 is 10.6 Å². The van der Waals surface area contributed by atoms with E-state index in [4.69, 9.17) is 4.74 Å². The summed E-state index contributed by atoms with van der Waals surface area (Å²) in [6, 6.07) is 11.6. The minimum absolute atomic E-state index is 0.0517. The van der Waals surface area contributed by atoms with Gasteiger partial charge >= 0.3 is 0 Å². The van der Waals surface area contributed by atoms with Crippen LogP contribution in [0.3, 0.4) is 0 Å². The molecule has 0 spiro atoms. The molecule has 2 N–H and O–H groups in total. The second kappa shape index (κ2) is 6.53. The third-order valence-corrected chi connectivity index (χ3v) is 5.15. The van der Waals surface area contributed by atoms with Gasteiger partial charge in [-0.3, -0.25) is 9.59 Å². The van der Waals surface area contributed by atoms with Crippen molar-refractivity contribution in [1.29, 1.82) is 0 Å². The van der Waals surface area contributed by atoms with Crippen molar-refractivity contribution in [3.8, 4) is 0 Å². The van der Waals surface area contributed by atoms with Gasteiger partial charge in [-0.05, 0) is 54.3 Å². The lowest BCUT2D eigenvalue weighted by Gasteiger charge is -2.36. The normalized spacial score (nSPS) is 18.1. The Hall–Kier alpha value is -2.73. The predicted octanol–water partition coefficient (Wildman–Crippen LogP) is 3.01. The fourth-order valence-electron chi connectivity index (χ4n) is 3.71. The number of hydrogen-bond acceptors (Lipinski definition) is 3. The summed E-state index contributed by atoms with van der Waals surface area (Å²) in [5.41, 5.74) is 2.11. The highest BCUT2D eigenvalue weighted by atomic mass is 19.1. The van der Waals surface area contributed by atoms with Gasteiger partial charge in [0.05, 0.1) is 11.8 Å². The van der Waals surface area contributed by atoms with Crippen molar-refractivity contribution < 1.29 is 18.7 Å². The molecule has 2 heterocycles. The SMILES string of the molecule is O=C1Cc2cc(NC(=O)C3(c4cccc(F)c4)CCOCC3)ccc2N1. The molecule has 2 aromatic rings. The zero-order chi connectivity index (χ0) is 18.1. The first-order valence-corrected chi connectivity index (χ1v) is 8.65. The van der Waals surface area contributed by atoms with Gasteiger partial charge in [-0.2, -0.15) is 0 Å². The van der Waals surface area contributed by atoms with Gasteiger partial charge in [0, 0.05) is 24.6 Å². The molecule has 2 amide bonds. The Balaban J connectivity index is 1.63. The average molecular weight is 354 g/mol. The molecule has 0 radical (unpaired) electrons. The largest absolute Gasteiger partial charge is 0.381 e. The Labute approximate surface area is 150 Å². The molecule has 1 fully saturated rings. The Morgan fingerprint density at radius 3 is 2.73 bits per heavy atom. The van der Waals surface area contributed by atoms with Crippen LogP contribution in [0.1, 0.15) is 24.0 Å². The second-order valence-corrected chi connectivity index (χ2v) is 6.76.